The van der Waals surface area contributed by atoms with Gasteiger partial charge in [0.05, 0.1) is 32.5 Å². The standard InChI is InChI=1S/C17H24NO6P/c1-4-23-25(20,24-5-2)12-6-7-15-13-22-17(19)18(15)14-8-10-16(21-3)11-9-14/h6-11,15H,4-5,12-13H2,1-3H3. The molecule has 0 spiro atoms. The maximum Gasteiger partial charge on any atom is 0.415 e. The molecule has 1 fully saturated rings. The number of ether oxygens (including phenoxy) is 2. The lowest BCUT2D eigenvalue weighted by atomic mass is 10.2. The van der Waals surface area contributed by atoms with Gasteiger partial charge in [-0.3, -0.25) is 9.46 Å². The second kappa shape index (κ2) is 9.04. The van der Waals surface area contributed by atoms with Crippen molar-refractivity contribution in [2.24, 2.45) is 0 Å². The Morgan fingerprint density at radius 2 is 1.88 bits per heavy atom. The van der Waals surface area contributed by atoms with Gasteiger partial charge in [0.15, 0.2) is 0 Å². The highest BCUT2D eigenvalue weighted by molar-refractivity contribution is 7.54. The minimum Gasteiger partial charge on any atom is -0.497 e. The number of carbonyl (C=O) groups excluding carboxylic acids is 1. The van der Waals surface area contributed by atoms with Gasteiger partial charge in [0.25, 0.3) is 0 Å². The van der Waals surface area contributed by atoms with Crippen LogP contribution in [0.3, 0.4) is 0 Å². The van der Waals surface area contributed by atoms with Gasteiger partial charge < -0.3 is 18.5 Å². The summed E-state index contributed by atoms with van der Waals surface area (Å²) >= 11 is 0. The van der Waals surface area contributed by atoms with Crippen LogP contribution >= 0.6 is 7.60 Å². The van der Waals surface area contributed by atoms with Crippen LogP contribution < -0.4 is 9.64 Å². The van der Waals surface area contributed by atoms with Crippen molar-refractivity contribution in [2.75, 3.05) is 38.0 Å². The first-order valence-corrected chi connectivity index (χ1v) is 9.90. The summed E-state index contributed by atoms with van der Waals surface area (Å²) in [6.07, 6.45) is 3.24. The Morgan fingerprint density at radius 1 is 1.24 bits per heavy atom. The molecule has 0 saturated carbocycles. The summed E-state index contributed by atoms with van der Waals surface area (Å²) in [4.78, 5) is 13.6. The summed E-state index contributed by atoms with van der Waals surface area (Å²) in [5.41, 5.74) is 0.704. The summed E-state index contributed by atoms with van der Waals surface area (Å²) in [7, 11) is -1.56. The number of cyclic esters (lactones) is 1. The smallest absolute Gasteiger partial charge is 0.415 e. The molecule has 8 heteroatoms. The average Bonchev–Trinajstić information content (AvgIpc) is 2.96. The SMILES string of the molecule is CCOP(=O)(CC=CC1COC(=O)N1c1ccc(OC)cc1)OCC. The summed E-state index contributed by atoms with van der Waals surface area (Å²) in [5.74, 6) is 0.706. The highest BCUT2D eigenvalue weighted by Crippen LogP contribution is 2.47. The molecular formula is C17H24NO6P. The van der Waals surface area contributed by atoms with Gasteiger partial charge >= 0.3 is 13.7 Å². The van der Waals surface area contributed by atoms with E-state index in [2.05, 4.69) is 0 Å². The van der Waals surface area contributed by atoms with E-state index in [0.29, 0.717) is 24.7 Å². The van der Waals surface area contributed by atoms with E-state index in [1.807, 2.05) is 0 Å². The average molecular weight is 369 g/mol. The molecule has 25 heavy (non-hydrogen) atoms. The highest BCUT2D eigenvalue weighted by Gasteiger charge is 2.32. The number of allylic oxidation sites excluding steroid dienone is 1. The van der Waals surface area contributed by atoms with Crippen molar-refractivity contribution >= 4 is 19.4 Å². The van der Waals surface area contributed by atoms with Crippen LogP contribution in [0.15, 0.2) is 36.4 Å². The number of amides is 1. The lowest BCUT2D eigenvalue weighted by Gasteiger charge is -2.19. The van der Waals surface area contributed by atoms with Crippen LogP contribution in [0.5, 0.6) is 5.75 Å². The van der Waals surface area contributed by atoms with Crippen LogP contribution in [0.4, 0.5) is 10.5 Å². The Balaban J connectivity index is 2.08. The minimum atomic E-state index is -3.14. The van der Waals surface area contributed by atoms with Crippen LogP contribution in [0.2, 0.25) is 0 Å². The molecule has 0 N–H and O–H groups in total. The normalized spacial score (nSPS) is 18.0. The first kappa shape index (κ1) is 19.5. The quantitative estimate of drug-likeness (QED) is 0.486. The number of benzene rings is 1. The zero-order chi connectivity index (χ0) is 18.3. The molecule has 1 heterocycles. The number of anilines is 1. The third-order valence-electron chi connectivity index (χ3n) is 3.60. The largest absolute Gasteiger partial charge is 0.497 e. The molecule has 1 aliphatic heterocycles. The first-order chi connectivity index (χ1) is 12.0. The van der Waals surface area contributed by atoms with E-state index in [1.165, 1.54) is 0 Å². The van der Waals surface area contributed by atoms with E-state index in [-0.39, 0.29) is 18.8 Å². The number of methoxy groups -OCH3 is 1. The van der Waals surface area contributed by atoms with Crippen molar-refractivity contribution < 1.29 is 27.9 Å². The Labute approximate surface area is 148 Å². The van der Waals surface area contributed by atoms with Gasteiger partial charge in [-0.1, -0.05) is 12.2 Å². The fourth-order valence-corrected chi connectivity index (χ4v) is 3.95. The van der Waals surface area contributed by atoms with Crippen molar-refractivity contribution in [3.8, 4) is 5.75 Å². The Hall–Kier alpha value is -1.82. The van der Waals surface area contributed by atoms with Crippen LogP contribution in [-0.4, -0.2) is 45.2 Å². The van der Waals surface area contributed by atoms with Crippen LogP contribution in [0.1, 0.15) is 13.8 Å². The molecule has 1 unspecified atom stereocenters. The molecule has 1 aliphatic rings. The molecule has 0 radical (unpaired) electrons. The van der Waals surface area contributed by atoms with E-state index in [4.69, 9.17) is 18.5 Å². The van der Waals surface area contributed by atoms with Gasteiger partial charge in [-0.25, -0.2) is 4.79 Å². The lowest BCUT2D eigenvalue weighted by Crippen LogP contribution is -2.31. The summed E-state index contributed by atoms with van der Waals surface area (Å²) in [6, 6.07) is 6.85. The molecule has 1 aromatic rings. The number of hydrogen-bond donors (Lipinski definition) is 0. The third kappa shape index (κ3) is 5.08. The Kier molecular flexibility index (Phi) is 7.05. The summed E-state index contributed by atoms with van der Waals surface area (Å²) in [5, 5.41) is 0. The molecule has 7 nitrogen and oxygen atoms in total. The van der Waals surface area contributed by atoms with E-state index >= 15 is 0 Å². The molecule has 0 aromatic heterocycles. The maximum absolute atomic E-state index is 12.5. The molecule has 2 rings (SSSR count). The third-order valence-corrected chi connectivity index (χ3v) is 5.56. The van der Waals surface area contributed by atoms with Gasteiger partial charge in [0.1, 0.15) is 12.4 Å². The highest BCUT2D eigenvalue weighted by atomic mass is 31.2. The molecule has 1 saturated heterocycles. The van der Waals surface area contributed by atoms with E-state index in [0.717, 1.165) is 0 Å². The number of nitrogens with zero attached hydrogens (tertiary/aromatic N) is 1. The minimum absolute atomic E-state index is 0.149. The van der Waals surface area contributed by atoms with Crippen molar-refractivity contribution in [3.05, 3.63) is 36.4 Å². The molecule has 0 bridgehead atoms. The van der Waals surface area contributed by atoms with Crippen molar-refractivity contribution in [1.29, 1.82) is 0 Å². The number of rotatable bonds is 9. The molecule has 1 amide bonds. The van der Waals surface area contributed by atoms with Gasteiger partial charge in [-0.2, -0.15) is 0 Å². The fourth-order valence-electron chi connectivity index (χ4n) is 2.50. The molecular weight excluding hydrogens is 345 g/mol. The van der Waals surface area contributed by atoms with Gasteiger partial charge in [0, 0.05) is 5.69 Å². The van der Waals surface area contributed by atoms with Crippen molar-refractivity contribution in [3.63, 3.8) is 0 Å². The zero-order valence-corrected chi connectivity index (χ0v) is 15.6. The molecule has 0 aliphatic carbocycles. The van der Waals surface area contributed by atoms with Gasteiger partial charge in [-0.15, -0.1) is 0 Å². The van der Waals surface area contributed by atoms with E-state index in [9.17, 15) is 9.36 Å². The fraction of sp³-hybridized carbons (Fsp3) is 0.471. The van der Waals surface area contributed by atoms with Gasteiger partial charge in [-0.05, 0) is 38.1 Å². The lowest BCUT2D eigenvalue weighted by molar-refractivity contribution is 0.179. The van der Waals surface area contributed by atoms with Crippen molar-refractivity contribution in [1.82, 2.24) is 0 Å². The number of hydrogen-bond acceptors (Lipinski definition) is 6. The summed E-state index contributed by atoms with van der Waals surface area (Å²) < 4.78 is 33.2. The Morgan fingerprint density at radius 3 is 2.44 bits per heavy atom. The molecule has 138 valence electrons. The zero-order valence-electron chi connectivity index (χ0n) is 14.7. The molecule has 1 aromatic carbocycles. The monoisotopic (exact) mass is 369 g/mol. The first-order valence-electron chi connectivity index (χ1n) is 8.17. The topological polar surface area (TPSA) is 74.3 Å². The second-order valence-corrected chi connectivity index (χ2v) is 7.37. The predicted molar refractivity (Wildman–Crippen MR) is 95.5 cm³/mol. The van der Waals surface area contributed by atoms with E-state index in [1.54, 1.807) is 62.3 Å². The number of carbonyl (C=O) groups is 1. The van der Waals surface area contributed by atoms with Gasteiger partial charge in [0.2, 0.25) is 0 Å². The molecule has 1 atom stereocenters. The van der Waals surface area contributed by atoms with Crippen molar-refractivity contribution in [2.45, 2.75) is 19.9 Å². The van der Waals surface area contributed by atoms with Crippen LogP contribution in [0, 0.1) is 0 Å². The summed E-state index contributed by atoms with van der Waals surface area (Å²) in [6.45, 7) is 4.39. The van der Waals surface area contributed by atoms with Crippen LogP contribution in [-0.2, 0) is 18.3 Å². The second-order valence-electron chi connectivity index (χ2n) is 5.27. The van der Waals surface area contributed by atoms with Crippen LogP contribution in [0.25, 0.3) is 0 Å². The maximum atomic E-state index is 12.5. The van der Waals surface area contributed by atoms with E-state index < -0.39 is 13.7 Å². The predicted octanol–water partition coefficient (Wildman–Crippen LogP) is 3.84. The Bertz CT molecular complexity index is 635.